The van der Waals surface area contributed by atoms with Crippen LogP contribution in [0.15, 0.2) is 18.2 Å². The number of aryl methyl sites for hydroxylation is 1. The van der Waals surface area contributed by atoms with Gasteiger partial charge in [0, 0.05) is 6.07 Å². The molecular formula is C20H27F3O2. The Morgan fingerprint density at radius 1 is 1.04 bits per heavy atom. The Morgan fingerprint density at radius 3 is 2.32 bits per heavy atom. The molecule has 1 aromatic carbocycles. The van der Waals surface area contributed by atoms with E-state index in [0.29, 0.717) is 24.0 Å². The third-order valence-electron chi connectivity index (χ3n) is 5.81. The molecule has 0 bridgehead atoms. The SMILES string of the molecule is Cc1ccc(OC(F)(F)C2CCC(C3CCC(C)CC3)CO2)cc1F. The number of rotatable bonds is 4. The van der Waals surface area contributed by atoms with Gasteiger partial charge in [-0.1, -0.05) is 25.8 Å². The van der Waals surface area contributed by atoms with Gasteiger partial charge < -0.3 is 9.47 Å². The molecule has 1 aliphatic carbocycles. The Bertz CT molecular complexity index is 574. The molecule has 1 aliphatic heterocycles. The molecule has 1 heterocycles. The number of hydrogen-bond donors (Lipinski definition) is 0. The molecule has 2 fully saturated rings. The van der Waals surface area contributed by atoms with Crippen LogP contribution in [0.25, 0.3) is 0 Å². The van der Waals surface area contributed by atoms with Crippen LogP contribution in [0.4, 0.5) is 13.2 Å². The minimum atomic E-state index is -3.45. The maximum absolute atomic E-state index is 14.4. The van der Waals surface area contributed by atoms with E-state index in [-0.39, 0.29) is 12.2 Å². The number of benzene rings is 1. The maximum atomic E-state index is 14.4. The molecule has 0 aromatic heterocycles. The number of alkyl halides is 2. The van der Waals surface area contributed by atoms with Crippen LogP contribution in [0.1, 0.15) is 51.0 Å². The zero-order valence-corrected chi connectivity index (χ0v) is 14.9. The first-order valence-corrected chi connectivity index (χ1v) is 9.29. The summed E-state index contributed by atoms with van der Waals surface area (Å²) in [5, 5.41) is 0. The van der Waals surface area contributed by atoms with E-state index in [0.717, 1.165) is 18.4 Å². The van der Waals surface area contributed by atoms with Crippen LogP contribution in [0, 0.1) is 30.5 Å². The van der Waals surface area contributed by atoms with Crippen LogP contribution in [-0.4, -0.2) is 18.8 Å². The summed E-state index contributed by atoms with van der Waals surface area (Å²) in [6.07, 6.45) is 1.10. The third-order valence-corrected chi connectivity index (χ3v) is 5.81. The molecule has 1 saturated heterocycles. The van der Waals surface area contributed by atoms with Gasteiger partial charge in [-0.15, -0.1) is 0 Å². The Labute approximate surface area is 147 Å². The minimum absolute atomic E-state index is 0.167. The molecule has 2 unspecified atom stereocenters. The van der Waals surface area contributed by atoms with Gasteiger partial charge in [-0.2, -0.15) is 8.78 Å². The summed E-state index contributed by atoms with van der Waals surface area (Å²) in [6, 6.07) is 3.79. The summed E-state index contributed by atoms with van der Waals surface area (Å²) in [5.74, 6) is 1.03. The third kappa shape index (κ3) is 4.49. The van der Waals surface area contributed by atoms with Gasteiger partial charge in [-0.05, 0) is 62.0 Å². The molecule has 0 N–H and O–H groups in total. The molecular weight excluding hydrogens is 329 g/mol. The highest BCUT2D eigenvalue weighted by molar-refractivity contribution is 5.28. The largest absolute Gasteiger partial charge is 0.431 e. The average molecular weight is 356 g/mol. The van der Waals surface area contributed by atoms with Gasteiger partial charge in [-0.25, -0.2) is 4.39 Å². The van der Waals surface area contributed by atoms with Crippen molar-refractivity contribution in [3.63, 3.8) is 0 Å². The Balaban J connectivity index is 1.54. The van der Waals surface area contributed by atoms with Gasteiger partial charge in [0.15, 0.2) is 6.10 Å². The van der Waals surface area contributed by atoms with Crippen LogP contribution < -0.4 is 4.74 Å². The van der Waals surface area contributed by atoms with E-state index in [9.17, 15) is 13.2 Å². The van der Waals surface area contributed by atoms with E-state index in [1.165, 1.54) is 37.8 Å². The highest BCUT2D eigenvalue weighted by Gasteiger charge is 2.46. The second-order valence-corrected chi connectivity index (χ2v) is 7.75. The number of hydrogen-bond acceptors (Lipinski definition) is 2. The lowest BCUT2D eigenvalue weighted by molar-refractivity contribution is -0.266. The standard InChI is InChI=1S/C20H27F3O2/c1-13-3-6-15(7-4-13)16-8-10-19(24-12-16)20(22,23)25-17-9-5-14(2)18(21)11-17/h5,9,11,13,15-16,19H,3-4,6-8,10,12H2,1-2H3. The molecule has 1 saturated carbocycles. The molecule has 5 heteroatoms. The summed E-state index contributed by atoms with van der Waals surface area (Å²) in [7, 11) is 0. The molecule has 140 valence electrons. The number of ether oxygens (including phenoxy) is 2. The lowest BCUT2D eigenvalue weighted by Gasteiger charge is -2.38. The molecule has 0 radical (unpaired) electrons. The van der Waals surface area contributed by atoms with Crippen LogP contribution >= 0.6 is 0 Å². The van der Waals surface area contributed by atoms with Crippen molar-refractivity contribution >= 4 is 0 Å². The zero-order valence-electron chi connectivity index (χ0n) is 14.9. The first kappa shape index (κ1) is 18.6. The Hall–Kier alpha value is -1.23. The van der Waals surface area contributed by atoms with E-state index in [4.69, 9.17) is 9.47 Å². The Kier molecular flexibility index (Phi) is 5.62. The van der Waals surface area contributed by atoms with Crippen LogP contribution in [0.5, 0.6) is 5.75 Å². The first-order chi connectivity index (χ1) is 11.8. The van der Waals surface area contributed by atoms with Gasteiger partial charge in [0.1, 0.15) is 11.6 Å². The molecule has 0 spiro atoms. The van der Waals surface area contributed by atoms with Crippen molar-refractivity contribution in [3.05, 3.63) is 29.6 Å². The summed E-state index contributed by atoms with van der Waals surface area (Å²) in [4.78, 5) is 0. The van der Waals surface area contributed by atoms with Crippen molar-refractivity contribution in [1.29, 1.82) is 0 Å². The predicted octanol–water partition coefficient (Wildman–Crippen LogP) is 5.73. The molecule has 2 aliphatic rings. The second kappa shape index (κ2) is 7.56. The Morgan fingerprint density at radius 2 is 1.72 bits per heavy atom. The van der Waals surface area contributed by atoms with E-state index >= 15 is 0 Å². The molecule has 1 aromatic rings. The first-order valence-electron chi connectivity index (χ1n) is 9.29. The van der Waals surface area contributed by atoms with Crippen molar-refractivity contribution in [1.82, 2.24) is 0 Å². The fourth-order valence-electron chi connectivity index (χ4n) is 4.03. The van der Waals surface area contributed by atoms with Crippen LogP contribution in [0.2, 0.25) is 0 Å². The molecule has 25 heavy (non-hydrogen) atoms. The average Bonchev–Trinajstić information content (AvgIpc) is 2.59. The monoisotopic (exact) mass is 356 g/mol. The van der Waals surface area contributed by atoms with Gasteiger partial charge >= 0.3 is 6.11 Å². The van der Waals surface area contributed by atoms with Gasteiger partial charge in [-0.3, -0.25) is 0 Å². The fourth-order valence-corrected chi connectivity index (χ4v) is 4.03. The molecule has 3 rings (SSSR count). The molecule has 2 nitrogen and oxygen atoms in total. The summed E-state index contributed by atoms with van der Waals surface area (Å²) < 4.78 is 52.5. The zero-order chi connectivity index (χ0) is 18.0. The van der Waals surface area contributed by atoms with Crippen molar-refractivity contribution in [3.8, 4) is 5.75 Å². The van der Waals surface area contributed by atoms with Gasteiger partial charge in [0.2, 0.25) is 0 Å². The summed E-state index contributed by atoms with van der Waals surface area (Å²) in [5.41, 5.74) is 0.397. The normalized spacial score (nSPS) is 30.9. The highest BCUT2D eigenvalue weighted by Crippen LogP contribution is 2.40. The van der Waals surface area contributed by atoms with E-state index in [1.54, 1.807) is 6.92 Å². The molecule has 2 atom stereocenters. The fraction of sp³-hybridized carbons (Fsp3) is 0.700. The lowest BCUT2D eigenvalue weighted by Crippen LogP contribution is -2.45. The van der Waals surface area contributed by atoms with Crippen molar-refractivity contribution in [2.75, 3.05) is 6.61 Å². The van der Waals surface area contributed by atoms with Gasteiger partial charge in [0.25, 0.3) is 0 Å². The summed E-state index contributed by atoms with van der Waals surface area (Å²) >= 11 is 0. The van der Waals surface area contributed by atoms with Crippen LogP contribution in [-0.2, 0) is 4.74 Å². The van der Waals surface area contributed by atoms with Crippen molar-refractivity contribution in [2.24, 2.45) is 17.8 Å². The van der Waals surface area contributed by atoms with Gasteiger partial charge in [0.05, 0.1) is 6.61 Å². The van der Waals surface area contributed by atoms with E-state index in [1.807, 2.05) is 0 Å². The van der Waals surface area contributed by atoms with Crippen LogP contribution in [0.3, 0.4) is 0 Å². The minimum Gasteiger partial charge on any atom is -0.431 e. The van der Waals surface area contributed by atoms with Crippen molar-refractivity contribution < 1.29 is 22.6 Å². The maximum Gasteiger partial charge on any atom is 0.424 e. The smallest absolute Gasteiger partial charge is 0.424 e. The van der Waals surface area contributed by atoms with E-state index < -0.39 is 18.0 Å². The van der Waals surface area contributed by atoms with Crippen molar-refractivity contribution in [2.45, 2.75) is 64.6 Å². The summed E-state index contributed by atoms with van der Waals surface area (Å²) in [6.45, 7) is 4.22. The molecule has 0 amide bonds. The highest BCUT2D eigenvalue weighted by atomic mass is 19.3. The topological polar surface area (TPSA) is 18.5 Å². The lowest BCUT2D eigenvalue weighted by atomic mass is 9.74. The van der Waals surface area contributed by atoms with E-state index in [2.05, 4.69) is 6.92 Å². The quantitative estimate of drug-likeness (QED) is 0.686. The number of halogens is 3. The predicted molar refractivity (Wildman–Crippen MR) is 90.3 cm³/mol. The second-order valence-electron chi connectivity index (χ2n) is 7.75.